The van der Waals surface area contributed by atoms with E-state index in [1.54, 1.807) is 35.3 Å². The minimum absolute atomic E-state index is 0.0974. The number of sulfonamides is 1. The number of hydrogen-bond donors (Lipinski definition) is 1. The predicted octanol–water partition coefficient (Wildman–Crippen LogP) is 1.60. The molecule has 0 saturated carbocycles. The number of nitrogens with zero attached hydrogens (tertiary/aromatic N) is 4. The summed E-state index contributed by atoms with van der Waals surface area (Å²) in [7, 11) is -3.66. The lowest BCUT2D eigenvalue weighted by molar-refractivity contribution is 0.0730. The van der Waals surface area contributed by atoms with Crippen LogP contribution < -0.4 is 5.32 Å². The summed E-state index contributed by atoms with van der Waals surface area (Å²) in [5.41, 5.74) is 1.90. The number of aromatic nitrogens is 3. The highest BCUT2D eigenvalue weighted by Crippen LogP contribution is 2.19. The van der Waals surface area contributed by atoms with Gasteiger partial charge in [0.15, 0.2) is 0 Å². The Morgan fingerprint density at radius 2 is 1.87 bits per heavy atom. The molecular weight excluding hydrogens is 406 g/mol. The zero-order valence-corrected chi connectivity index (χ0v) is 17.0. The van der Waals surface area contributed by atoms with E-state index in [2.05, 4.69) is 15.4 Å². The Morgan fingerprint density at radius 1 is 1.10 bits per heavy atom. The topological polar surface area (TPSA) is 106 Å². The van der Waals surface area contributed by atoms with Crippen molar-refractivity contribution < 1.29 is 17.9 Å². The largest absolute Gasteiger partial charge is 0.379 e. The number of rotatable bonds is 6. The Morgan fingerprint density at radius 3 is 2.57 bits per heavy atom. The van der Waals surface area contributed by atoms with Gasteiger partial charge in [-0.3, -0.25) is 4.79 Å². The number of morpholine rings is 1. The van der Waals surface area contributed by atoms with Crippen LogP contribution in [0.5, 0.6) is 0 Å². The van der Waals surface area contributed by atoms with Crippen molar-refractivity contribution in [1.82, 2.24) is 19.1 Å². The lowest BCUT2D eigenvalue weighted by atomic mass is 10.2. The molecule has 3 aromatic rings. The standard InChI is InChI=1S/C20H21N5O4S/c26-20(23-18-6-4-16(5-7-18)13-24-15-21-14-22-24)17-2-1-3-19(12-17)30(27,28)25-8-10-29-11-9-25/h1-7,12,14-15H,8-11,13H2,(H,23,26). The Labute approximate surface area is 174 Å². The van der Waals surface area contributed by atoms with Crippen LogP contribution in [0.25, 0.3) is 0 Å². The molecule has 1 aliphatic heterocycles. The van der Waals surface area contributed by atoms with Crippen LogP contribution in [0.15, 0.2) is 66.1 Å². The van der Waals surface area contributed by atoms with Crippen LogP contribution >= 0.6 is 0 Å². The van der Waals surface area contributed by atoms with Gasteiger partial charge in [-0.2, -0.15) is 9.40 Å². The van der Waals surface area contributed by atoms with Crippen molar-refractivity contribution >= 4 is 21.6 Å². The maximum Gasteiger partial charge on any atom is 0.255 e. The van der Waals surface area contributed by atoms with Gasteiger partial charge >= 0.3 is 0 Å². The van der Waals surface area contributed by atoms with Crippen LogP contribution in [0.2, 0.25) is 0 Å². The van der Waals surface area contributed by atoms with Crippen LogP contribution in [-0.4, -0.2) is 59.7 Å². The van der Waals surface area contributed by atoms with Crippen molar-refractivity contribution in [2.24, 2.45) is 0 Å². The van der Waals surface area contributed by atoms with E-state index >= 15 is 0 Å². The first-order valence-electron chi connectivity index (χ1n) is 9.43. The summed E-state index contributed by atoms with van der Waals surface area (Å²) in [5, 5.41) is 6.86. The van der Waals surface area contributed by atoms with Crippen molar-refractivity contribution in [3.63, 3.8) is 0 Å². The maximum absolute atomic E-state index is 12.8. The van der Waals surface area contributed by atoms with E-state index in [4.69, 9.17) is 4.74 Å². The number of amides is 1. The summed E-state index contributed by atoms with van der Waals surface area (Å²) in [5.74, 6) is -0.377. The van der Waals surface area contributed by atoms with Crippen molar-refractivity contribution in [3.05, 3.63) is 72.3 Å². The van der Waals surface area contributed by atoms with Crippen LogP contribution in [-0.2, 0) is 21.3 Å². The maximum atomic E-state index is 12.8. The normalized spacial score (nSPS) is 15.1. The first kappa shape index (κ1) is 20.2. The zero-order valence-electron chi connectivity index (χ0n) is 16.1. The number of carbonyl (C=O) groups excluding carboxylic acids is 1. The Balaban J connectivity index is 1.45. The average Bonchev–Trinajstić information content (AvgIpc) is 3.29. The highest BCUT2D eigenvalue weighted by atomic mass is 32.2. The van der Waals surface area contributed by atoms with E-state index in [-0.39, 0.29) is 16.4 Å². The second-order valence-electron chi connectivity index (χ2n) is 6.79. The fourth-order valence-electron chi connectivity index (χ4n) is 3.13. The molecule has 4 rings (SSSR count). The number of ether oxygens (including phenoxy) is 1. The van der Waals surface area contributed by atoms with Gasteiger partial charge in [-0.1, -0.05) is 18.2 Å². The lowest BCUT2D eigenvalue weighted by Crippen LogP contribution is -2.40. The van der Waals surface area contributed by atoms with Gasteiger partial charge in [0.25, 0.3) is 5.91 Å². The summed E-state index contributed by atoms with van der Waals surface area (Å²) < 4.78 is 33.9. The van der Waals surface area contributed by atoms with Crippen LogP contribution in [0, 0.1) is 0 Å². The van der Waals surface area contributed by atoms with E-state index in [0.717, 1.165) is 5.56 Å². The van der Waals surface area contributed by atoms with Crippen LogP contribution in [0.1, 0.15) is 15.9 Å². The quantitative estimate of drug-likeness (QED) is 0.640. The zero-order chi connectivity index (χ0) is 21.0. The molecular formula is C20H21N5O4S. The molecule has 2 heterocycles. The summed E-state index contributed by atoms with van der Waals surface area (Å²) in [6, 6.07) is 13.4. The summed E-state index contributed by atoms with van der Waals surface area (Å²) in [4.78, 5) is 16.7. The average molecular weight is 427 g/mol. The Bertz CT molecular complexity index is 1110. The van der Waals surface area contributed by atoms with Gasteiger partial charge < -0.3 is 10.1 Å². The highest BCUT2D eigenvalue weighted by Gasteiger charge is 2.26. The second-order valence-corrected chi connectivity index (χ2v) is 8.73. The Kier molecular flexibility index (Phi) is 5.88. The fraction of sp³-hybridized carbons (Fsp3) is 0.250. The molecule has 0 aliphatic carbocycles. The summed E-state index contributed by atoms with van der Waals surface area (Å²) in [6.45, 7) is 1.92. The number of anilines is 1. The minimum atomic E-state index is -3.66. The monoisotopic (exact) mass is 427 g/mol. The molecule has 0 bridgehead atoms. The van der Waals surface area contributed by atoms with Crippen molar-refractivity contribution in [1.29, 1.82) is 0 Å². The molecule has 10 heteroatoms. The Hall–Kier alpha value is -3.08. The van der Waals surface area contributed by atoms with E-state index in [0.29, 0.717) is 38.5 Å². The van der Waals surface area contributed by atoms with Gasteiger partial charge in [-0.25, -0.2) is 18.1 Å². The van der Waals surface area contributed by atoms with E-state index in [9.17, 15) is 13.2 Å². The van der Waals surface area contributed by atoms with E-state index in [1.807, 2.05) is 12.1 Å². The van der Waals surface area contributed by atoms with Crippen molar-refractivity contribution in [2.75, 3.05) is 31.6 Å². The van der Waals surface area contributed by atoms with E-state index < -0.39 is 10.0 Å². The van der Waals surface area contributed by atoms with Crippen molar-refractivity contribution in [2.45, 2.75) is 11.4 Å². The SMILES string of the molecule is O=C(Nc1ccc(Cn2cncn2)cc1)c1cccc(S(=O)(=O)N2CCOCC2)c1. The number of carbonyl (C=O) groups is 1. The molecule has 0 atom stereocenters. The summed E-state index contributed by atoms with van der Waals surface area (Å²) in [6.07, 6.45) is 3.11. The molecule has 0 radical (unpaired) electrons. The van der Waals surface area contributed by atoms with Gasteiger partial charge in [0, 0.05) is 24.3 Å². The third-order valence-corrected chi connectivity index (χ3v) is 6.62. The first-order chi connectivity index (χ1) is 14.5. The highest BCUT2D eigenvalue weighted by molar-refractivity contribution is 7.89. The number of hydrogen-bond acceptors (Lipinski definition) is 6. The molecule has 9 nitrogen and oxygen atoms in total. The number of nitrogens with one attached hydrogen (secondary N) is 1. The second kappa shape index (κ2) is 8.74. The molecule has 2 aromatic carbocycles. The third kappa shape index (κ3) is 4.56. The molecule has 0 spiro atoms. The fourth-order valence-corrected chi connectivity index (χ4v) is 4.59. The first-order valence-corrected chi connectivity index (χ1v) is 10.9. The number of benzene rings is 2. The van der Waals surface area contributed by atoms with Crippen LogP contribution in [0.4, 0.5) is 5.69 Å². The molecule has 1 fully saturated rings. The van der Waals surface area contributed by atoms with Gasteiger partial charge in [0.1, 0.15) is 12.7 Å². The lowest BCUT2D eigenvalue weighted by Gasteiger charge is -2.26. The smallest absolute Gasteiger partial charge is 0.255 e. The molecule has 1 aromatic heterocycles. The summed E-state index contributed by atoms with van der Waals surface area (Å²) >= 11 is 0. The van der Waals surface area contributed by atoms with Gasteiger partial charge in [0.2, 0.25) is 10.0 Å². The van der Waals surface area contributed by atoms with Gasteiger partial charge in [-0.05, 0) is 35.9 Å². The molecule has 1 N–H and O–H groups in total. The molecule has 1 saturated heterocycles. The van der Waals surface area contributed by atoms with Crippen LogP contribution in [0.3, 0.4) is 0 Å². The molecule has 1 aliphatic rings. The minimum Gasteiger partial charge on any atom is -0.379 e. The van der Waals surface area contributed by atoms with Crippen molar-refractivity contribution in [3.8, 4) is 0 Å². The van der Waals surface area contributed by atoms with E-state index in [1.165, 1.54) is 22.8 Å². The predicted molar refractivity (Wildman–Crippen MR) is 110 cm³/mol. The third-order valence-electron chi connectivity index (χ3n) is 4.73. The molecule has 0 unspecified atom stereocenters. The van der Waals surface area contributed by atoms with Gasteiger partial charge in [-0.15, -0.1) is 0 Å². The molecule has 156 valence electrons. The molecule has 1 amide bonds. The van der Waals surface area contributed by atoms with Gasteiger partial charge in [0.05, 0.1) is 24.7 Å². The molecule has 30 heavy (non-hydrogen) atoms.